The summed E-state index contributed by atoms with van der Waals surface area (Å²) in [4.78, 5) is 25.8. The predicted octanol–water partition coefficient (Wildman–Crippen LogP) is 1.34. The molecule has 1 aromatic heterocycles. The fourth-order valence-corrected chi connectivity index (χ4v) is 2.08. The van der Waals surface area contributed by atoms with E-state index in [9.17, 15) is 14.7 Å². The molecule has 2 rings (SSSR count). The minimum absolute atomic E-state index is 0.400. The summed E-state index contributed by atoms with van der Waals surface area (Å²) < 4.78 is 1.26. The van der Waals surface area contributed by atoms with Crippen molar-refractivity contribution in [3.05, 3.63) is 28.7 Å². The zero-order valence-electron chi connectivity index (χ0n) is 10.0. The highest BCUT2D eigenvalue weighted by molar-refractivity contribution is 5.82. The number of imidazole rings is 1. The average Bonchev–Trinajstić information content (AvgIpc) is 2.61. The number of carboxylic acids is 1. The molecule has 0 aliphatic heterocycles. The third-order valence-corrected chi connectivity index (χ3v) is 2.90. The summed E-state index contributed by atoms with van der Waals surface area (Å²) in [6, 6.07) is 4.09. The number of nitrogen functional groups attached to an aromatic ring is 1. The number of anilines is 1. The summed E-state index contributed by atoms with van der Waals surface area (Å²) in [5.41, 5.74) is 6.87. The third-order valence-electron chi connectivity index (χ3n) is 2.90. The average molecular weight is 249 g/mol. The minimum Gasteiger partial charge on any atom is -0.480 e. The van der Waals surface area contributed by atoms with Crippen molar-refractivity contribution in [1.29, 1.82) is 0 Å². The van der Waals surface area contributed by atoms with Gasteiger partial charge in [-0.05, 0) is 24.6 Å². The molecule has 0 bridgehead atoms. The van der Waals surface area contributed by atoms with Crippen molar-refractivity contribution in [2.24, 2.45) is 0 Å². The van der Waals surface area contributed by atoms with Crippen LogP contribution in [-0.2, 0) is 4.79 Å². The number of H-pyrrole nitrogens is 1. The predicted molar refractivity (Wildman–Crippen MR) is 68.6 cm³/mol. The van der Waals surface area contributed by atoms with Crippen molar-refractivity contribution in [1.82, 2.24) is 9.55 Å². The molecule has 1 atom stereocenters. The van der Waals surface area contributed by atoms with E-state index in [1.807, 2.05) is 6.92 Å². The summed E-state index contributed by atoms with van der Waals surface area (Å²) in [6.07, 6.45) is 1.08. The van der Waals surface area contributed by atoms with Crippen LogP contribution < -0.4 is 11.4 Å². The van der Waals surface area contributed by atoms with E-state index in [1.165, 1.54) is 4.57 Å². The van der Waals surface area contributed by atoms with Gasteiger partial charge in [0.1, 0.15) is 6.04 Å². The van der Waals surface area contributed by atoms with Crippen LogP contribution in [0.5, 0.6) is 0 Å². The topological polar surface area (TPSA) is 101 Å². The minimum atomic E-state index is -1.01. The highest BCUT2D eigenvalue weighted by Gasteiger charge is 2.22. The van der Waals surface area contributed by atoms with Gasteiger partial charge in [-0.1, -0.05) is 13.3 Å². The van der Waals surface area contributed by atoms with Crippen LogP contribution in [0, 0.1) is 0 Å². The lowest BCUT2D eigenvalue weighted by Gasteiger charge is -2.13. The van der Waals surface area contributed by atoms with Crippen molar-refractivity contribution in [3.63, 3.8) is 0 Å². The van der Waals surface area contributed by atoms with Gasteiger partial charge in [0.05, 0.1) is 11.0 Å². The number of benzene rings is 1. The van der Waals surface area contributed by atoms with Gasteiger partial charge in [0, 0.05) is 5.69 Å². The van der Waals surface area contributed by atoms with E-state index in [4.69, 9.17) is 5.73 Å². The number of carboxylic acid groups (broad SMARTS) is 1. The second-order valence-corrected chi connectivity index (χ2v) is 4.22. The van der Waals surface area contributed by atoms with Gasteiger partial charge in [-0.25, -0.2) is 9.59 Å². The Morgan fingerprint density at radius 2 is 2.28 bits per heavy atom. The molecule has 1 heterocycles. The first-order chi connectivity index (χ1) is 8.54. The Kier molecular flexibility index (Phi) is 3.10. The van der Waals surface area contributed by atoms with E-state index in [-0.39, 0.29) is 0 Å². The smallest absolute Gasteiger partial charge is 0.327 e. The number of nitrogens with two attached hydrogens (primary N) is 1. The van der Waals surface area contributed by atoms with Crippen molar-refractivity contribution < 1.29 is 9.90 Å². The molecule has 0 saturated heterocycles. The molecule has 1 aromatic carbocycles. The lowest BCUT2D eigenvalue weighted by atomic mass is 10.1. The molecule has 1 unspecified atom stereocenters. The fourth-order valence-electron chi connectivity index (χ4n) is 2.08. The maximum absolute atomic E-state index is 11.9. The number of aromatic nitrogens is 2. The fraction of sp³-hybridized carbons (Fsp3) is 0.333. The van der Waals surface area contributed by atoms with Crippen LogP contribution in [0.4, 0.5) is 5.69 Å². The largest absolute Gasteiger partial charge is 0.480 e. The van der Waals surface area contributed by atoms with Gasteiger partial charge >= 0.3 is 11.7 Å². The molecule has 0 aliphatic carbocycles. The van der Waals surface area contributed by atoms with Crippen LogP contribution in [0.2, 0.25) is 0 Å². The lowest BCUT2D eigenvalue weighted by molar-refractivity contribution is -0.141. The highest BCUT2D eigenvalue weighted by Crippen LogP contribution is 2.21. The first-order valence-electron chi connectivity index (χ1n) is 5.77. The Bertz CT molecular complexity index is 642. The molecule has 0 saturated carbocycles. The molecular formula is C12H15N3O3. The number of fused-ring (bicyclic) bond motifs is 1. The van der Waals surface area contributed by atoms with Crippen molar-refractivity contribution in [3.8, 4) is 0 Å². The maximum atomic E-state index is 11.9. The normalized spacial score (nSPS) is 12.7. The number of aliphatic carboxylic acids is 1. The number of hydrogen-bond donors (Lipinski definition) is 3. The number of nitrogens with one attached hydrogen (secondary N) is 1. The molecule has 2 aromatic rings. The first kappa shape index (κ1) is 12.2. The Balaban J connectivity index is 2.68. The van der Waals surface area contributed by atoms with E-state index in [0.717, 1.165) is 0 Å². The van der Waals surface area contributed by atoms with Gasteiger partial charge in [0.25, 0.3) is 0 Å². The van der Waals surface area contributed by atoms with Crippen molar-refractivity contribution in [2.45, 2.75) is 25.8 Å². The molecule has 0 aliphatic rings. The van der Waals surface area contributed by atoms with E-state index >= 15 is 0 Å². The Morgan fingerprint density at radius 1 is 1.56 bits per heavy atom. The van der Waals surface area contributed by atoms with Crippen LogP contribution in [-0.4, -0.2) is 20.6 Å². The molecule has 0 amide bonds. The number of rotatable bonds is 4. The van der Waals surface area contributed by atoms with E-state index in [1.54, 1.807) is 18.2 Å². The quantitative estimate of drug-likeness (QED) is 0.711. The summed E-state index contributed by atoms with van der Waals surface area (Å²) >= 11 is 0. The van der Waals surface area contributed by atoms with Gasteiger partial charge in [-0.2, -0.15) is 0 Å². The van der Waals surface area contributed by atoms with Gasteiger partial charge in [0.15, 0.2) is 0 Å². The molecular weight excluding hydrogens is 234 g/mol. The van der Waals surface area contributed by atoms with Crippen LogP contribution in [0.3, 0.4) is 0 Å². The second kappa shape index (κ2) is 4.56. The first-order valence-corrected chi connectivity index (χ1v) is 5.77. The number of nitrogens with zero attached hydrogens (tertiary/aromatic N) is 1. The number of carbonyl (C=O) groups is 1. The van der Waals surface area contributed by atoms with Crippen LogP contribution in [0.1, 0.15) is 25.8 Å². The van der Waals surface area contributed by atoms with E-state index in [0.29, 0.717) is 29.6 Å². The Hall–Kier alpha value is -2.24. The van der Waals surface area contributed by atoms with Gasteiger partial charge in [-0.3, -0.25) is 4.57 Å². The summed E-state index contributed by atoms with van der Waals surface area (Å²) in [6.45, 7) is 1.88. The zero-order chi connectivity index (χ0) is 13.3. The monoisotopic (exact) mass is 249 g/mol. The van der Waals surface area contributed by atoms with E-state index < -0.39 is 17.7 Å². The van der Waals surface area contributed by atoms with Gasteiger partial charge in [0.2, 0.25) is 0 Å². The standard InChI is InChI=1S/C12H15N3O3/c1-2-3-9(11(16)17)15-10-6-7(13)4-5-8(10)14-12(15)18/h4-6,9H,2-3,13H2,1H3,(H,14,18)(H,16,17). The number of hydrogen-bond acceptors (Lipinski definition) is 3. The molecule has 4 N–H and O–H groups in total. The molecule has 96 valence electrons. The SMILES string of the molecule is CCCC(C(=O)O)n1c(=O)[nH]c2ccc(N)cc21. The molecule has 0 fully saturated rings. The van der Waals surface area contributed by atoms with Crippen molar-refractivity contribution >= 4 is 22.7 Å². The Morgan fingerprint density at radius 3 is 2.89 bits per heavy atom. The molecule has 0 radical (unpaired) electrons. The molecule has 0 spiro atoms. The summed E-state index contributed by atoms with van der Waals surface area (Å²) in [5, 5.41) is 9.22. The van der Waals surface area contributed by atoms with Crippen LogP contribution >= 0.6 is 0 Å². The van der Waals surface area contributed by atoms with Gasteiger partial charge in [-0.15, -0.1) is 0 Å². The molecule has 6 heteroatoms. The highest BCUT2D eigenvalue weighted by atomic mass is 16.4. The van der Waals surface area contributed by atoms with E-state index in [2.05, 4.69) is 4.98 Å². The maximum Gasteiger partial charge on any atom is 0.327 e. The van der Waals surface area contributed by atoms with Gasteiger partial charge < -0.3 is 15.8 Å². The van der Waals surface area contributed by atoms with Crippen molar-refractivity contribution in [2.75, 3.05) is 5.73 Å². The lowest BCUT2D eigenvalue weighted by Crippen LogP contribution is -2.28. The zero-order valence-corrected chi connectivity index (χ0v) is 10.0. The number of aromatic amines is 1. The summed E-state index contributed by atoms with van der Waals surface area (Å²) in [7, 11) is 0. The molecule has 18 heavy (non-hydrogen) atoms. The second-order valence-electron chi connectivity index (χ2n) is 4.22. The summed E-state index contributed by atoms with van der Waals surface area (Å²) in [5.74, 6) is -1.01. The Labute approximate surface area is 103 Å². The molecule has 6 nitrogen and oxygen atoms in total. The third kappa shape index (κ3) is 1.97. The van der Waals surface area contributed by atoms with Crippen LogP contribution in [0.15, 0.2) is 23.0 Å². The van der Waals surface area contributed by atoms with Crippen LogP contribution in [0.25, 0.3) is 11.0 Å².